The van der Waals surface area contributed by atoms with Crippen LogP contribution in [0.5, 0.6) is 0 Å². The molecule has 4 N–H and O–H groups in total. The van der Waals surface area contributed by atoms with E-state index in [9.17, 15) is 13.2 Å². The summed E-state index contributed by atoms with van der Waals surface area (Å²) >= 11 is 10.8. The zero-order valence-corrected chi connectivity index (χ0v) is 8.53. The van der Waals surface area contributed by atoms with Crippen molar-refractivity contribution in [2.45, 2.75) is 6.18 Å². The zero-order chi connectivity index (χ0) is 11.8. The van der Waals surface area contributed by atoms with Crippen molar-refractivity contribution in [3.8, 4) is 0 Å². The van der Waals surface area contributed by atoms with E-state index in [1.165, 1.54) is 0 Å². The number of rotatable bonds is 0. The van der Waals surface area contributed by atoms with Crippen LogP contribution in [-0.2, 0) is 6.18 Å². The van der Waals surface area contributed by atoms with Crippen molar-refractivity contribution in [2.24, 2.45) is 10.9 Å². The first-order valence-electron chi connectivity index (χ1n) is 3.46. The molecule has 0 spiro atoms. The Bertz CT molecular complexity index is 451. The Kier molecular flexibility index (Phi) is 3.05. The van der Waals surface area contributed by atoms with E-state index in [1.807, 2.05) is 0 Å². The number of alkyl halides is 3. The second-order valence-corrected chi connectivity index (χ2v) is 3.31. The molecule has 0 radical (unpaired) electrons. The highest BCUT2D eigenvalue weighted by atomic mass is 35.5. The van der Waals surface area contributed by atoms with E-state index < -0.39 is 27.3 Å². The minimum absolute atomic E-state index is 0.409. The number of aromatic nitrogens is 1. The van der Waals surface area contributed by atoms with Gasteiger partial charge in [-0.15, -0.1) is 0 Å². The molecule has 0 atom stereocenters. The first-order chi connectivity index (χ1) is 6.79. The van der Waals surface area contributed by atoms with Gasteiger partial charge >= 0.3 is 6.18 Å². The van der Waals surface area contributed by atoms with Gasteiger partial charge in [-0.05, 0) is 0 Å². The molecule has 1 aromatic heterocycles. The fourth-order valence-corrected chi connectivity index (χ4v) is 1.67. The smallest absolute Gasteiger partial charge is 0.338 e. The van der Waals surface area contributed by atoms with Crippen LogP contribution in [0, 0.1) is 0 Å². The van der Waals surface area contributed by atoms with Crippen molar-refractivity contribution in [2.75, 3.05) is 5.84 Å². The lowest BCUT2D eigenvalue weighted by Crippen LogP contribution is -2.31. The third-order valence-electron chi connectivity index (χ3n) is 1.56. The number of pyridine rings is 1. The summed E-state index contributed by atoms with van der Waals surface area (Å²) in [5.74, 6) is 10.1. The summed E-state index contributed by atoms with van der Waals surface area (Å²) in [5, 5.41) is 1.67. The van der Waals surface area contributed by atoms with E-state index >= 15 is 0 Å². The standard InChI is InChI=1S/C6H5Cl2F3N4/c7-2-1-15(13)5(14-12)4(8)3(2)6(9,10)11/h1H,12-13H2/b14-5-. The van der Waals surface area contributed by atoms with Gasteiger partial charge in [-0.2, -0.15) is 18.3 Å². The summed E-state index contributed by atoms with van der Waals surface area (Å²) in [4.78, 5) is 0. The molecule has 84 valence electrons. The maximum absolute atomic E-state index is 12.5. The van der Waals surface area contributed by atoms with Crippen LogP contribution in [0.4, 0.5) is 13.2 Å². The molecule has 4 nitrogen and oxygen atoms in total. The molecule has 9 heteroatoms. The summed E-state index contributed by atoms with van der Waals surface area (Å²) in [7, 11) is 0. The quantitative estimate of drug-likeness (QED) is 0.546. The topological polar surface area (TPSA) is 69.3 Å². The molecule has 1 rings (SSSR count). The number of halogens is 5. The number of hydrogen-bond acceptors (Lipinski definition) is 3. The molecule has 0 aliphatic rings. The van der Waals surface area contributed by atoms with Gasteiger partial charge in [-0.25, -0.2) is 4.68 Å². The van der Waals surface area contributed by atoms with Gasteiger partial charge in [-0.1, -0.05) is 23.2 Å². The molecule has 0 saturated carbocycles. The van der Waals surface area contributed by atoms with E-state index in [-0.39, 0.29) is 0 Å². The lowest BCUT2D eigenvalue weighted by molar-refractivity contribution is -0.137. The second kappa shape index (κ2) is 3.82. The molecule has 0 bridgehead atoms. The summed E-state index contributed by atoms with van der Waals surface area (Å²) in [6.07, 6.45) is -3.87. The molecular weight excluding hydrogens is 256 g/mol. The first kappa shape index (κ1) is 12.0. The number of nitrogens with two attached hydrogens (primary N) is 2. The second-order valence-electron chi connectivity index (χ2n) is 2.52. The van der Waals surface area contributed by atoms with E-state index in [0.717, 1.165) is 6.20 Å². The highest BCUT2D eigenvalue weighted by molar-refractivity contribution is 6.35. The molecule has 0 aliphatic carbocycles. The lowest BCUT2D eigenvalue weighted by atomic mass is 10.2. The van der Waals surface area contributed by atoms with E-state index in [0.29, 0.717) is 4.68 Å². The van der Waals surface area contributed by atoms with Gasteiger partial charge in [0, 0.05) is 6.20 Å². The van der Waals surface area contributed by atoms with Gasteiger partial charge in [0.05, 0.1) is 10.6 Å². The van der Waals surface area contributed by atoms with Crippen molar-refractivity contribution in [3.63, 3.8) is 0 Å². The fraction of sp³-hybridized carbons (Fsp3) is 0.167. The predicted octanol–water partition coefficient (Wildman–Crippen LogP) is 1.30. The molecular formula is C6H5Cl2F3N4. The Morgan fingerprint density at radius 1 is 1.33 bits per heavy atom. The minimum atomic E-state index is -4.69. The summed E-state index contributed by atoms with van der Waals surface area (Å²) in [6.45, 7) is 0. The third-order valence-corrected chi connectivity index (χ3v) is 2.20. The molecule has 0 aliphatic heterocycles. The van der Waals surface area contributed by atoms with Crippen molar-refractivity contribution < 1.29 is 13.2 Å². The zero-order valence-electron chi connectivity index (χ0n) is 7.02. The van der Waals surface area contributed by atoms with Gasteiger partial charge in [0.2, 0.25) is 0 Å². The average Bonchev–Trinajstić information content (AvgIpc) is 2.00. The van der Waals surface area contributed by atoms with Crippen molar-refractivity contribution in [1.82, 2.24) is 4.68 Å². The van der Waals surface area contributed by atoms with E-state index in [2.05, 4.69) is 5.10 Å². The van der Waals surface area contributed by atoms with Crippen LogP contribution < -0.4 is 17.2 Å². The molecule has 0 aromatic carbocycles. The highest BCUT2D eigenvalue weighted by Crippen LogP contribution is 2.37. The lowest BCUT2D eigenvalue weighted by Gasteiger charge is -2.12. The van der Waals surface area contributed by atoms with Crippen LogP contribution in [0.1, 0.15) is 5.56 Å². The van der Waals surface area contributed by atoms with Crippen molar-refractivity contribution in [3.05, 3.63) is 27.3 Å². The van der Waals surface area contributed by atoms with Gasteiger partial charge in [0.25, 0.3) is 0 Å². The molecule has 0 saturated heterocycles. The van der Waals surface area contributed by atoms with Gasteiger partial charge < -0.3 is 11.7 Å². The van der Waals surface area contributed by atoms with Crippen molar-refractivity contribution in [1.29, 1.82) is 0 Å². The Balaban J connectivity index is 3.69. The Morgan fingerprint density at radius 3 is 2.27 bits per heavy atom. The molecule has 15 heavy (non-hydrogen) atoms. The Hall–Kier alpha value is -1.08. The first-order valence-corrected chi connectivity index (χ1v) is 4.21. The van der Waals surface area contributed by atoms with Gasteiger partial charge in [-0.3, -0.25) is 0 Å². The number of nitrogen functional groups attached to an aromatic ring is 1. The molecule has 0 fully saturated rings. The fourth-order valence-electron chi connectivity index (χ4n) is 0.961. The van der Waals surface area contributed by atoms with Crippen LogP contribution in [-0.4, -0.2) is 4.68 Å². The van der Waals surface area contributed by atoms with Crippen LogP contribution in [0.15, 0.2) is 11.3 Å². The molecule has 1 aromatic rings. The van der Waals surface area contributed by atoms with Gasteiger partial charge in [0.1, 0.15) is 5.02 Å². The largest absolute Gasteiger partial charge is 0.419 e. The Labute approximate surface area is 91.8 Å². The number of nitrogens with zero attached hydrogens (tertiary/aromatic N) is 2. The molecule has 1 heterocycles. The van der Waals surface area contributed by atoms with Gasteiger partial charge in [0.15, 0.2) is 5.49 Å². The van der Waals surface area contributed by atoms with Crippen molar-refractivity contribution >= 4 is 23.2 Å². The highest BCUT2D eigenvalue weighted by Gasteiger charge is 2.37. The Morgan fingerprint density at radius 2 is 1.87 bits per heavy atom. The van der Waals surface area contributed by atoms with E-state index in [1.54, 1.807) is 0 Å². The van der Waals surface area contributed by atoms with Crippen LogP contribution in [0.3, 0.4) is 0 Å². The minimum Gasteiger partial charge on any atom is -0.338 e. The monoisotopic (exact) mass is 260 g/mol. The predicted molar refractivity (Wildman–Crippen MR) is 49.4 cm³/mol. The maximum Gasteiger partial charge on any atom is 0.419 e. The van der Waals surface area contributed by atoms with Crippen LogP contribution >= 0.6 is 23.2 Å². The normalized spacial score (nSPS) is 13.3. The molecule has 0 amide bonds. The summed E-state index contributed by atoms with van der Waals surface area (Å²) < 4.78 is 38.1. The third kappa shape index (κ3) is 2.13. The van der Waals surface area contributed by atoms with E-state index in [4.69, 9.17) is 34.9 Å². The SMILES string of the molecule is N/N=c1/c(Cl)c(C(F)(F)F)c(Cl)cn1N. The average molecular weight is 261 g/mol. The summed E-state index contributed by atoms with van der Waals surface area (Å²) in [6, 6.07) is 0. The van der Waals surface area contributed by atoms with Crippen LogP contribution in [0.25, 0.3) is 0 Å². The van der Waals surface area contributed by atoms with Crippen LogP contribution in [0.2, 0.25) is 10.0 Å². The number of hydrogen-bond donors (Lipinski definition) is 2. The summed E-state index contributed by atoms with van der Waals surface area (Å²) in [5.41, 5.74) is -1.62. The molecule has 0 unspecified atom stereocenters. The maximum atomic E-state index is 12.5.